The highest BCUT2D eigenvalue weighted by molar-refractivity contribution is 5.69. The van der Waals surface area contributed by atoms with Crippen LogP contribution in [0.3, 0.4) is 0 Å². The van der Waals surface area contributed by atoms with Gasteiger partial charge in [-0.05, 0) is 18.6 Å². The number of benzene rings is 1. The van der Waals surface area contributed by atoms with Crippen LogP contribution >= 0.6 is 0 Å². The maximum absolute atomic E-state index is 11.9. The second-order valence-electron chi connectivity index (χ2n) is 13.5. The summed E-state index contributed by atoms with van der Waals surface area (Å²) in [6, 6.07) is 9.67. The molecule has 0 saturated carbocycles. The predicted octanol–water partition coefficient (Wildman–Crippen LogP) is 7.26. The van der Waals surface area contributed by atoms with Crippen LogP contribution in [-0.2, 0) is 56.9 Å². The number of rotatable bonds is 48. The molecule has 0 radical (unpaired) electrons. The van der Waals surface area contributed by atoms with Gasteiger partial charge in [-0.25, -0.2) is 0 Å². The predicted molar refractivity (Wildman–Crippen MR) is 221 cm³/mol. The lowest BCUT2D eigenvalue weighted by atomic mass is 10.0. The van der Waals surface area contributed by atoms with Crippen molar-refractivity contribution in [3.8, 4) is 5.75 Å². The quantitative estimate of drug-likeness (QED) is 0.0484. The van der Waals surface area contributed by atoms with Crippen molar-refractivity contribution in [1.82, 2.24) is 0 Å². The first-order valence-corrected chi connectivity index (χ1v) is 21.9. The fraction of sp³-hybridized carbons (Fsp3) is 0.841. The molecule has 1 aromatic rings. The number of unbranched alkanes of at least 4 members (excludes halogenated alkanes) is 12. The van der Waals surface area contributed by atoms with Crippen LogP contribution in [0.25, 0.3) is 0 Å². The Morgan fingerprint density at radius 3 is 0.965 bits per heavy atom. The highest BCUT2D eigenvalue weighted by Crippen LogP contribution is 2.13. The fourth-order valence-corrected chi connectivity index (χ4v) is 5.39. The molecule has 1 rings (SSSR count). The van der Waals surface area contributed by atoms with Gasteiger partial charge in [-0.15, -0.1) is 0 Å². The third kappa shape index (κ3) is 43.5. The summed E-state index contributed by atoms with van der Waals surface area (Å²) < 4.78 is 65.8. The largest absolute Gasteiger partial charge is 0.491 e. The minimum atomic E-state index is -0.132. The van der Waals surface area contributed by atoms with E-state index in [0.29, 0.717) is 145 Å². The molecule has 13 heteroatoms. The summed E-state index contributed by atoms with van der Waals surface area (Å²) in [6.45, 7) is 13.0. The van der Waals surface area contributed by atoms with E-state index >= 15 is 0 Å². The van der Waals surface area contributed by atoms with Crippen LogP contribution in [0.5, 0.6) is 5.75 Å². The summed E-state index contributed by atoms with van der Waals surface area (Å²) >= 11 is 0. The zero-order chi connectivity index (χ0) is 40.6. The molecule has 0 aliphatic heterocycles. The van der Waals surface area contributed by atoms with E-state index < -0.39 is 0 Å². The van der Waals surface area contributed by atoms with Gasteiger partial charge < -0.3 is 56.8 Å². The molecule has 0 atom stereocenters. The Kier molecular flexibility index (Phi) is 43.6. The molecule has 0 spiro atoms. The standard InChI is InChI=1S/C44H80O13/c1-2-3-4-5-6-7-8-9-10-11-12-13-17-20-44(45)57-42-40-55-38-36-53-34-32-51-30-28-49-26-24-47-22-21-46-23-25-48-27-29-50-31-33-52-35-37-54-39-41-56-43-18-15-14-16-19-43/h14-16,18-19H,2-13,17,20-42H2,1H3. The van der Waals surface area contributed by atoms with E-state index in [-0.39, 0.29) is 12.6 Å². The monoisotopic (exact) mass is 817 g/mol. The van der Waals surface area contributed by atoms with Crippen LogP contribution in [-0.4, -0.2) is 151 Å². The van der Waals surface area contributed by atoms with Gasteiger partial charge in [0.05, 0.1) is 132 Å². The van der Waals surface area contributed by atoms with Gasteiger partial charge in [0.1, 0.15) is 19.0 Å². The first-order valence-electron chi connectivity index (χ1n) is 21.9. The summed E-state index contributed by atoms with van der Waals surface area (Å²) in [5, 5.41) is 0. The van der Waals surface area contributed by atoms with E-state index in [4.69, 9.17) is 56.8 Å². The van der Waals surface area contributed by atoms with Gasteiger partial charge in [-0.3, -0.25) is 4.79 Å². The Hall–Kier alpha value is -1.91. The molecular weight excluding hydrogens is 736 g/mol. The van der Waals surface area contributed by atoms with Gasteiger partial charge in [-0.2, -0.15) is 0 Å². The molecule has 0 aliphatic carbocycles. The molecule has 0 saturated heterocycles. The summed E-state index contributed by atoms with van der Waals surface area (Å²) in [6.07, 6.45) is 17.3. The minimum absolute atomic E-state index is 0.132. The third-order valence-corrected chi connectivity index (χ3v) is 8.56. The number of esters is 1. The molecule has 13 nitrogen and oxygen atoms in total. The van der Waals surface area contributed by atoms with Crippen LogP contribution in [0.4, 0.5) is 0 Å². The zero-order valence-corrected chi connectivity index (χ0v) is 35.6. The normalized spacial score (nSPS) is 11.4. The highest BCUT2D eigenvalue weighted by atomic mass is 16.6. The molecule has 0 aromatic heterocycles. The third-order valence-electron chi connectivity index (χ3n) is 8.56. The van der Waals surface area contributed by atoms with Crippen molar-refractivity contribution in [1.29, 1.82) is 0 Å². The van der Waals surface area contributed by atoms with Gasteiger partial charge in [0.15, 0.2) is 0 Å². The molecule has 0 fully saturated rings. The molecule has 0 amide bonds. The van der Waals surface area contributed by atoms with Crippen LogP contribution in [0.1, 0.15) is 96.8 Å². The van der Waals surface area contributed by atoms with E-state index in [0.717, 1.165) is 18.6 Å². The van der Waals surface area contributed by atoms with Crippen molar-refractivity contribution in [2.45, 2.75) is 96.8 Å². The average molecular weight is 817 g/mol. The Bertz CT molecular complexity index is 911. The van der Waals surface area contributed by atoms with Gasteiger partial charge >= 0.3 is 5.97 Å². The lowest BCUT2D eigenvalue weighted by Gasteiger charge is -2.09. The number of hydrogen-bond acceptors (Lipinski definition) is 13. The topological polar surface area (TPSA) is 128 Å². The van der Waals surface area contributed by atoms with Crippen molar-refractivity contribution in [3.05, 3.63) is 30.3 Å². The molecule has 334 valence electrons. The van der Waals surface area contributed by atoms with Crippen LogP contribution in [0, 0.1) is 0 Å². The molecule has 0 aliphatic rings. The van der Waals surface area contributed by atoms with E-state index in [2.05, 4.69) is 6.92 Å². The molecule has 1 aromatic carbocycles. The van der Waals surface area contributed by atoms with Crippen molar-refractivity contribution >= 4 is 5.97 Å². The van der Waals surface area contributed by atoms with Crippen molar-refractivity contribution in [3.63, 3.8) is 0 Å². The molecule has 0 bridgehead atoms. The van der Waals surface area contributed by atoms with Crippen LogP contribution < -0.4 is 4.74 Å². The second kappa shape index (κ2) is 46.8. The van der Waals surface area contributed by atoms with Gasteiger partial charge in [0.2, 0.25) is 0 Å². The van der Waals surface area contributed by atoms with Crippen molar-refractivity contribution in [2.24, 2.45) is 0 Å². The fourth-order valence-electron chi connectivity index (χ4n) is 5.39. The number of ether oxygens (including phenoxy) is 12. The number of carbonyl (C=O) groups is 1. The number of para-hydroxylation sites is 1. The number of hydrogen-bond donors (Lipinski definition) is 0. The number of carbonyl (C=O) groups excluding carboxylic acids is 1. The summed E-state index contributed by atoms with van der Waals surface area (Å²) in [5.41, 5.74) is 0. The van der Waals surface area contributed by atoms with E-state index in [1.165, 1.54) is 70.6 Å². The SMILES string of the molecule is CCCCCCCCCCCCCCCC(=O)OCCOCCOCCOCCOCCOCCOCCOCCOCCOCCOCCOc1ccccc1. The first kappa shape index (κ1) is 53.1. The minimum Gasteiger partial charge on any atom is -0.491 e. The van der Waals surface area contributed by atoms with Crippen LogP contribution in [0.15, 0.2) is 30.3 Å². The Balaban J connectivity index is 1.63. The Labute approximate surface area is 345 Å². The van der Waals surface area contributed by atoms with Crippen LogP contribution in [0.2, 0.25) is 0 Å². The zero-order valence-electron chi connectivity index (χ0n) is 35.6. The molecule has 0 heterocycles. The summed E-state index contributed by atoms with van der Waals surface area (Å²) in [5.74, 6) is 0.710. The Morgan fingerprint density at radius 2 is 0.632 bits per heavy atom. The smallest absolute Gasteiger partial charge is 0.305 e. The van der Waals surface area contributed by atoms with E-state index in [1.807, 2.05) is 30.3 Å². The lowest BCUT2D eigenvalue weighted by Crippen LogP contribution is -2.15. The summed E-state index contributed by atoms with van der Waals surface area (Å²) in [7, 11) is 0. The molecule has 0 N–H and O–H groups in total. The highest BCUT2D eigenvalue weighted by Gasteiger charge is 2.03. The van der Waals surface area contributed by atoms with Crippen molar-refractivity contribution in [2.75, 3.05) is 145 Å². The van der Waals surface area contributed by atoms with Gasteiger partial charge in [0, 0.05) is 6.42 Å². The Morgan fingerprint density at radius 1 is 0.351 bits per heavy atom. The van der Waals surface area contributed by atoms with Gasteiger partial charge in [-0.1, -0.05) is 102 Å². The van der Waals surface area contributed by atoms with E-state index in [1.54, 1.807) is 0 Å². The molecule has 0 unspecified atom stereocenters. The maximum Gasteiger partial charge on any atom is 0.305 e. The summed E-state index contributed by atoms with van der Waals surface area (Å²) in [4.78, 5) is 11.9. The van der Waals surface area contributed by atoms with Gasteiger partial charge in [0.25, 0.3) is 0 Å². The molecular formula is C44H80O13. The lowest BCUT2D eigenvalue weighted by molar-refractivity contribution is -0.145. The first-order chi connectivity index (χ1) is 28.3. The van der Waals surface area contributed by atoms with E-state index in [9.17, 15) is 4.79 Å². The molecule has 57 heavy (non-hydrogen) atoms. The average Bonchev–Trinajstić information content (AvgIpc) is 3.23. The maximum atomic E-state index is 11.9. The van der Waals surface area contributed by atoms with Crippen molar-refractivity contribution < 1.29 is 61.6 Å². The second-order valence-corrected chi connectivity index (χ2v) is 13.5.